The SMILES string of the molecule is CCCCCc1cc2c3c(c1)N(c1c(-c4ccccc4)cc(C(C)(C)C)cc1-c1ccccc1)c1cc(N4c5ccccc5C5C=CC=CC54)ccc1B3c1ccc(-n3c4ccccc4c4ccccc43)cc1O2. The van der Waals surface area contributed by atoms with E-state index in [9.17, 15) is 0 Å². The largest absolute Gasteiger partial charge is 0.458 e. The molecule has 1 aromatic heterocycles. The summed E-state index contributed by atoms with van der Waals surface area (Å²) in [6.07, 6.45) is 13.6. The number of hydrogen-bond acceptors (Lipinski definition) is 3. The van der Waals surface area contributed by atoms with E-state index in [1.807, 2.05) is 0 Å². The van der Waals surface area contributed by atoms with E-state index in [-0.39, 0.29) is 24.1 Å². The summed E-state index contributed by atoms with van der Waals surface area (Å²) < 4.78 is 9.88. The molecule has 0 fully saturated rings. The molecule has 4 nitrogen and oxygen atoms in total. The number of allylic oxidation sites excluding steroid dienone is 2. The number of nitrogens with zero attached hydrogens (tertiary/aromatic N) is 3. The van der Waals surface area contributed by atoms with Crippen LogP contribution in [-0.4, -0.2) is 17.3 Å². The van der Waals surface area contributed by atoms with Gasteiger partial charge in [-0.15, -0.1) is 0 Å². The lowest BCUT2D eigenvalue weighted by Gasteiger charge is -2.43. The standard InChI is InChI=1S/C69H58BN3O/c1-5-6-9-22-45-39-64-67-66(40-45)74-65-44-50(72-61-33-20-16-29-53(61)54-30-17-21-34-62(54)72)36-38-58(65)70(67)57-37-35-49(71-59-31-18-14-27-51(59)52-28-15-19-32-60(52)71)43-63(57)73(64)68-55(46-23-10-7-11-24-46)41-48(69(2,3)4)42-56(68)47-25-12-8-13-26-47/h7-8,10-21,23-44,51,59H,5-6,9,22H2,1-4H3. The maximum atomic E-state index is 7.47. The number of aromatic nitrogens is 1. The highest BCUT2D eigenvalue weighted by Crippen LogP contribution is 2.53. The summed E-state index contributed by atoms with van der Waals surface area (Å²) in [6.45, 7) is 9.22. The first-order valence-corrected chi connectivity index (χ1v) is 26.8. The predicted molar refractivity (Wildman–Crippen MR) is 313 cm³/mol. The molecular weight excluding hydrogens is 898 g/mol. The molecule has 0 N–H and O–H groups in total. The van der Waals surface area contributed by atoms with E-state index in [1.54, 1.807) is 0 Å². The van der Waals surface area contributed by atoms with E-state index in [4.69, 9.17) is 4.74 Å². The zero-order valence-corrected chi connectivity index (χ0v) is 42.6. The molecule has 0 saturated carbocycles. The van der Waals surface area contributed by atoms with Gasteiger partial charge in [-0.3, -0.25) is 0 Å². The molecule has 9 aromatic carbocycles. The zero-order valence-electron chi connectivity index (χ0n) is 42.6. The number of rotatable bonds is 9. The van der Waals surface area contributed by atoms with E-state index >= 15 is 0 Å². The molecule has 0 amide bonds. The number of benzene rings is 9. The average Bonchev–Trinajstić information content (AvgIpc) is 3.97. The van der Waals surface area contributed by atoms with Crippen molar-refractivity contribution in [3.05, 3.63) is 235 Å². The average molecular weight is 956 g/mol. The van der Waals surface area contributed by atoms with Gasteiger partial charge in [0.15, 0.2) is 0 Å². The number of unbranched alkanes of at least 4 members (excludes halogenated alkanes) is 2. The highest BCUT2D eigenvalue weighted by molar-refractivity contribution is 6.99. The molecule has 4 heterocycles. The molecule has 2 unspecified atom stereocenters. The summed E-state index contributed by atoms with van der Waals surface area (Å²) in [5.41, 5.74) is 21.7. The van der Waals surface area contributed by atoms with Gasteiger partial charge in [-0.25, -0.2) is 0 Å². The lowest BCUT2D eigenvalue weighted by atomic mass is 9.34. The third-order valence-electron chi connectivity index (χ3n) is 16.3. The van der Waals surface area contributed by atoms with Crippen molar-refractivity contribution >= 4 is 73.3 Å². The van der Waals surface area contributed by atoms with E-state index < -0.39 is 0 Å². The quantitative estimate of drug-likeness (QED) is 0.106. The minimum atomic E-state index is -0.112. The smallest absolute Gasteiger partial charge is 0.256 e. The third-order valence-corrected chi connectivity index (χ3v) is 16.3. The predicted octanol–water partition coefficient (Wildman–Crippen LogP) is 16.3. The van der Waals surface area contributed by atoms with Crippen LogP contribution in [0.1, 0.15) is 69.6 Å². The van der Waals surface area contributed by atoms with Crippen LogP contribution >= 0.6 is 0 Å². The Kier molecular flexibility index (Phi) is 10.5. The van der Waals surface area contributed by atoms with Gasteiger partial charge in [-0.2, -0.15) is 0 Å². The van der Waals surface area contributed by atoms with E-state index in [0.717, 1.165) is 36.4 Å². The number of ether oxygens (including phenoxy) is 1. The third kappa shape index (κ3) is 7.04. The first-order chi connectivity index (χ1) is 36.3. The molecule has 0 saturated heterocycles. The second-order valence-corrected chi connectivity index (χ2v) is 21.8. The fourth-order valence-electron chi connectivity index (χ4n) is 12.8. The van der Waals surface area contributed by atoms with Crippen LogP contribution in [0, 0.1) is 0 Å². The molecule has 1 aliphatic carbocycles. The Labute approximate surface area is 435 Å². The Morgan fingerprint density at radius 3 is 1.88 bits per heavy atom. The summed E-state index contributed by atoms with van der Waals surface area (Å²) >= 11 is 0. The van der Waals surface area contributed by atoms with Crippen molar-refractivity contribution in [2.45, 2.75) is 70.8 Å². The van der Waals surface area contributed by atoms with Crippen LogP contribution in [0.3, 0.4) is 0 Å². The van der Waals surface area contributed by atoms with Gasteiger partial charge in [0.2, 0.25) is 0 Å². The molecule has 2 atom stereocenters. The summed E-state index contributed by atoms with van der Waals surface area (Å²) in [4.78, 5) is 5.25. The second-order valence-electron chi connectivity index (χ2n) is 21.8. The van der Waals surface area contributed by atoms with E-state index in [1.165, 1.54) is 112 Å². The minimum Gasteiger partial charge on any atom is -0.458 e. The van der Waals surface area contributed by atoms with Gasteiger partial charge < -0.3 is 19.1 Å². The van der Waals surface area contributed by atoms with Gasteiger partial charge in [-0.1, -0.05) is 192 Å². The molecular formula is C69H58BN3O. The van der Waals surface area contributed by atoms with E-state index in [2.05, 4.69) is 260 Å². The lowest BCUT2D eigenvalue weighted by Crippen LogP contribution is -2.59. The summed E-state index contributed by atoms with van der Waals surface area (Å²) in [5.74, 6) is 2.11. The lowest BCUT2D eigenvalue weighted by molar-refractivity contribution is 0.486. The van der Waals surface area contributed by atoms with Crippen LogP contribution in [0.4, 0.5) is 28.4 Å². The van der Waals surface area contributed by atoms with Gasteiger partial charge in [0.25, 0.3) is 6.71 Å². The number of para-hydroxylation sites is 3. The highest BCUT2D eigenvalue weighted by atomic mass is 16.5. The summed E-state index contributed by atoms with van der Waals surface area (Å²) in [6, 6.07) is 73.1. The van der Waals surface area contributed by atoms with Gasteiger partial charge in [0.05, 0.1) is 22.8 Å². The molecule has 3 aliphatic heterocycles. The first kappa shape index (κ1) is 44.4. The molecule has 10 aromatic rings. The van der Waals surface area contributed by atoms with Crippen LogP contribution < -0.4 is 30.9 Å². The second kappa shape index (κ2) is 17.5. The monoisotopic (exact) mass is 955 g/mol. The fraction of sp³-hybridized carbons (Fsp3) is 0.159. The Balaban J connectivity index is 1.07. The van der Waals surface area contributed by atoms with Crippen LogP contribution in [0.5, 0.6) is 11.5 Å². The molecule has 0 bridgehead atoms. The number of aryl methyl sites for hydroxylation is 1. The maximum absolute atomic E-state index is 7.47. The normalized spacial score (nSPS) is 16.0. The Morgan fingerprint density at radius 2 is 1.18 bits per heavy atom. The Morgan fingerprint density at radius 1 is 0.541 bits per heavy atom. The number of anilines is 5. The Bertz CT molecular complexity index is 3800. The van der Waals surface area contributed by atoms with Crippen molar-refractivity contribution in [2.24, 2.45) is 0 Å². The topological polar surface area (TPSA) is 20.6 Å². The van der Waals surface area contributed by atoms with E-state index in [0.29, 0.717) is 0 Å². The molecule has 74 heavy (non-hydrogen) atoms. The Hall–Kier alpha value is -8.28. The van der Waals surface area contributed by atoms with Gasteiger partial charge >= 0.3 is 0 Å². The molecule has 14 rings (SSSR count). The zero-order chi connectivity index (χ0) is 49.7. The van der Waals surface area contributed by atoms with Crippen molar-refractivity contribution in [2.75, 3.05) is 9.80 Å². The minimum absolute atomic E-state index is 0.0914. The van der Waals surface area contributed by atoms with Gasteiger partial charge in [0, 0.05) is 62.3 Å². The summed E-state index contributed by atoms with van der Waals surface area (Å²) in [7, 11) is 0. The van der Waals surface area contributed by atoms with Gasteiger partial charge in [-0.05, 0) is 123 Å². The fourth-order valence-corrected chi connectivity index (χ4v) is 12.8. The highest BCUT2D eigenvalue weighted by Gasteiger charge is 2.45. The van der Waals surface area contributed by atoms with Crippen molar-refractivity contribution in [1.29, 1.82) is 0 Å². The molecule has 4 aliphatic rings. The van der Waals surface area contributed by atoms with Crippen LogP contribution in [0.25, 0.3) is 49.7 Å². The molecule has 358 valence electrons. The number of fused-ring (bicyclic) bond motifs is 10. The van der Waals surface area contributed by atoms with Crippen LogP contribution in [0.2, 0.25) is 0 Å². The van der Waals surface area contributed by atoms with Crippen LogP contribution in [0.15, 0.2) is 218 Å². The summed E-state index contributed by atoms with van der Waals surface area (Å²) in [5, 5.41) is 2.50. The van der Waals surface area contributed by atoms with Crippen molar-refractivity contribution in [3.8, 4) is 39.4 Å². The van der Waals surface area contributed by atoms with Crippen molar-refractivity contribution in [3.63, 3.8) is 0 Å². The van der Waals surface area contributed by atoms with Crippen LogP contribution in [-0.2, 0) is 11.8 Å². The molecule has 0 spiro atoms. The molecule has 0 radical (unpaired) electrons. The van der Waals surface area contributed by atoms with Crippen molar-refractivity contribution < 1.29 is 4.74 Å². The maximum Gasteiger partial charge on any atom is 0.256 e. The first-order valence-electron chi connectivity index (χ1n) is 26.8. The van der Waals surface area contributed by atoms with Crippen molar-refractivity contribution in [1.82, 2.24) is 4.57 Å². The van der Waals surface area contributed by atoms with Gasteiger partial charge in [0.1, 0.15) is 11.5 Å². The number of hydrogen-bond donors (Lipinski definition) is 0. The molecule has 5 heteroatoms.